The first kappa shape index (κ1) is 20.0. The van der Waals surface area contributed by atoms with E-state index in [2.05, 4.69) is 0 Å². The van der Waals surface area contributed by atoms with Gasteiger partial charge in [-0.3, -0.25) is 4.79 Å². The predicted octanol–water partition coefficient (Wildman–Crippen LogP) is 3.96. The number of nitrogens with zero attached hydrogens (tertiary/aromatic N) is 1. The minimum Gasteiger partial charge on any atom is -0.507 e. The van der Waals surface area contributed by atoms with Crippen molar-refractivity contribution in [2.24, 2.45) is 0 Å². The topological polar surface area (TPSA) is 94.1 Å². The largest absolute Gasteiger partial charge is 0.507 e. The van der Waals surface area contributed by atoms with E-state index >= 15 is 0 Å². The van der Waals surface area contributed by atoms with E-state index in [1.54, 1.807) is 12.1 Å². The van der Waals surface area contributed by atoms with Crippen molar-refractivity contribution in [1.82, 2.24) is 4.90 Å². The Morgan fingerprint density at radius 1 is 1.17 bits per heavy atom. The summed E-state index contributed by atoms with van der Waals surface area (Å²) in [6.45, 7) is 0.598. The summed E-state index contributed by atoms with van der Waals surface area (Å²) in [6.07, 6.45) is 0.658. The molecule has 0 spiro atoms. The van der Waals surface area contributed by atoms with E-state index in [4.69, 9.17) is 27.6 Å². The molecule has 3 aromatic rings. The molecule has 4 rings (SSSR count). The monoisotopic (exact) mass is 435 g/mol. The summed E-state index contributed by atoms with van der Waals surface area (Å²) in [5, 5.41) is 31.5. The molecule has 1 aliphatic rings. The molecule has 1 aliphatic heterocycles. The fraction of sp³-hybridized carbons (Fsp3) is 0.286. The Labute approximate surface area is 176 Å². The highest BCUT2D eigenvalue weighted by atomic mass is 35.5. The first-order valence-corrected chi connectivity index (χ1v) is 9.86. The van der Waals surface area contributed by atoms with E-state index in [0.717, 1.165) is 6.07 Å². The van der Waals surface area contributed by atoms with Crippen molar-refractivity contribution >= 4 is 34.2 Å². The number of aromatic hydroxyl groups is 2. The maximum atomic E-state index is 12.8. The number of likely N-dealkylation sites (tertiary alicyclic amines) is 1. The van der Waals surface area contributed by atoms with Crippen LogP contribution in [-0.4, -0.2) is 46.5 Å². The quantitative estimate of drug-likeness (QED) is 0.576. The van der Waals surface area contributed by atoms with Gasteiger partial charge in [-0.05, 0) is 38.2 Å². The van der Waals surface area contributed by atoms with Gasteiger partial charge in [-0.25, -0.2) is 0 Å². The lowest BCUT2D eigenvalue weighted by Crippen LogP contribution is -2.32. The molecule has 0 amide bonds. The summed E-state index contributed by atoms with van der Waals surface area (Å²) in [5.74, 6) is -0.624. The highest BCUT2D eigenvalue weighted by molar-refractivity contribution is 6.36. The molecule has 0 bridgehead atoms. The summed E-state index contributed by atoms with van der Waals surface area (Å²) in [6, 6.07) is 6.95. The molecule has 6 nitrogen and oxygen atoms in total. The summed E-state index contributed by atoms with van der Waals surface area (Å²) in [5.41, 5.74) is 0.490. The average molecular weight is 436 g/mol. The zero-order valence-corrected chi connectivity index (χ0v) is 17.0. The van der Waals surface area contributed by atoms with Crippen LogP contribution in [0.25, 0.3) is 22.3 Å². The van der Waals surface area contributed by atoms with Gasteiger partial charge in [0.2, 0.25) is 0 Å². The van der Waals surface area contributed by atoms with Crippen LogP contribution >= 0.6 is 23.2 Å². The molecule has 0 saturated carbocycles. The number of fused-ring (bicyclic) bond motifs is 1. The maximum absolute atomic E-state index is 12.8. The number of benzene rings is 2. The number of aliphatic hydroxyl groups excluding tert-OH is 1. The number of aliphatic hydroxyl groups is 1. The van der Waals surface area contributed by atoms with Crippen molar-refractivity contribution in [3.63, 3.8) is 0 Å². The molecular weight excluding hydrogens is 417 g/mol. The fourth-order valence-electron chi connectivity index (χ4n) is 4.11. The third-order valence-corrected chi connectivity index (χ3v) is 6.12. The summed E-state index contributed by atoms with van der Waals surface area (Å²) < 4.78 is 6.03. The van der Waals surface area contributed by atoms with Crippen LogP contribution in [0, 0.1) is 0 Å². The third kappa shape index (κ3) is 3.36. The van der Waals surface area contributed by atoms with Gasteiger partial charge in [0, 0.05) is 40.2 Å². The van der Waals surface area contributed by atoms with E-state index < -0.39 is 5.43 Å². The highest BCUT2D eigenvalue weighted by Gasteiger charge is 2.36. The number of hydrogen-bond donors (Lipinski definition) is 3. The minimum atomic E-state index is -0.460. The molecular formula is C21H19Cl2NO5. The predicted molar refractivity (Wildman–Crippen MR) is 112 cm³/mol. The SMILES string of the molecule is CN1CC[C@H](c2c(O)cc(O)c3c(=O)cc(-c4ccc(Cl)cc4Cl)oc23)[C@H]1CO. The van der Waals surface area contributed by atoms with Crippen LogP contribution < -0.4 is 5.43 Å². The zero-order valence-electron chi connectivity index (χ0n) is 15.5. The lowest BCUT2D eigenvalue weighted by Gasteiger charge is -2.24. The van der Waals surface area contributed by atoms with Crippen LogP contribution in [-0.2, 0) is 0 Å². The van der Waals surface area contributed by atoms with Gasteiger partial charge in [0.1, 0.15) is 28.2 Å². The Morgan fingerprint density at radius 2 is 1.93 bits per heavy atom. The van der Waals surface area contributed by atoms with Crippen LogP contribution in [0.1, 0.15) is 17.9 Å². The highest BCUT2D eigenvalue weighted by Crippen LogP contribution is 2.44. The van der Waals surface area contributed by atoms with Crippen molar-refractivity contribution in [2.45, 2.75) is 18.4 Å². The van der Waals surface area contributed by atoms with Crippen molar-refractivity contribution in [2.75, 3.05) is 20.2 Å². The average Bonchev–Trinajstić information content (AvgIpc) is 3.01. The van der Waals surface area contributed by atoms with Crippen LogP contribution in [0.3, 0.4) is 0 Å². The number of phenols is 2. The van der Waals surface area contributed by atoms with Crippen molar-refractivity contribution < 1.29 is 19.7 Å². The van der Waals surface area contributed by atoms with Crippen molar-refractivity contribution in [3.05, 3.63) is 56.2 Å². The number of halogens is 2. The smallest absolute Gasteiger partial charge is 0.197 e. The molecule has 2 aromatic carbocycles. The summed E-state index contributed by atoms with van der Waals surface area (Å²) >= 11 is 12.2. The molecule has 0 radical (unpaired) electrons. The molecule has 1 fully saturated rings. The van der Waals surface area contributed by atoms with Gasteiger partial charge in [0.25, 0.3) is 0 Å². The molecule has 0 aliphatic carbocycles. The lowest BCUT2D eigenvalue weighted by molar-refractivity contribution is 0.172. The first-order valence-electron chi connectivity index (χ1n) is 9.11. The van der Waals surface area contributed by atoms with Gasteiger partial charge in [-0.1, -0.05) is 23.2 Å². The van der Waals surface area contributed by atoms with E-state index in [-0.39, 0.29) is 46.8 Å². The molecule has 1 saturated heterocycles. The van der Waals surface area contributed by atoms with Gasteiger partial charge in [0.15, 0.2) is 5.43 Å². The van der Waals surface area contributed by atoms with E-state index in [0.29, 0.717) is 34.1 Å². The van der Waals surface area contributed by atoms with E-state index in [1.807, 2.05) is 11.9 Å². The maximum Gasteiger partial charge on any atom is 0.197 e. The minimum absolute atomic E-state index is 0.0159. The van der Waals surface area contributed by atoms with Gasteiger partial charge in [-0.2, -0.15) is 0 Å². The third-order valence-electron chi connectivity index (χ3n) is 5.58. The molecule has 8 heteroatoms. The Morgan fingerprint density at radius 3 is 2.62 bits per heavy atom. The molecule has 152 valence electrons. The van der Waals surface area contributed by atoms with Gasteiger partial charge < -0.3 is 24.6 Å². The number of likely N-dealkylation sites (N-methyl/N-ethyl adjacent to an activating group) is 1. The Bertz CT molecular complexity index is 1160. The molecule has 1 aromatic heterocycles. The number of rotatable bonds is 3. The lowest BCUT2D eigenvalue weighted by atomic mass is 9.89. The molecule has 29 heavy (non-hydrogen) atoms. The van der Waals surface area contributed by atoms with E-state index in [9.17, 15) is 20.1 Å². The first-order chi connectivity index (χ1) is 13.8. The Balaban J connectivity index is 2.01. The molecule has 3 N–H and O–H groups in total. The molecule has 2 heterocycles. The zero-order chi connectivity index (χ0) is 20.9. The van der Waals surface area contributed by atoms with Gasteiger partial charge in [-0.15, -0.1) is 0 Å². The van der Waals surface area contributed by atoms with Gasteiger partial charge >= 0.3 is 0 Å². The Hall–Kier alpha value is -2.25. The fourth-order valence-corrected chi connectivity index (χ4v) is 4.61. The van der Waals surface area contributed by atoms with Crippen molar-refractivity contribution in [1.29, 1.82) is 0 Å². The Kier molecular flexibility index (Phi) is 5.21. The van der Waals surface area contributed by atoms with E-state index in [1.165, 1.54) is 12.1 Å². The van der Waals surface area contributed by atoms with Crippen LogP contribution in [0.5, 0.6) is 11.5 Å². The normalized spacial score (nSPS) is 19.9. The molecule has 0 unspecified atom stereocenters. The second-order valence-electron chi connectivity index (χ2n) is 7.26. The standard InChI is InChI=1S/C21H19Cl2NO5/c1-24-5-4-12(14(24)9-25)19-15(26)7-16(27)20-17(28)8-18(29-21(19)20)11-3-2-10(22)6-13(11)23/h2-3,6-8,12,14,25-27H,4-5,9H2,1H3/t12-,14+/m0/s1. The number of hydrogen-bond acceptors (Lipinski definition) is 6. The van der Waals surface area contributed by atoms with Crippen molar-refractivity contribution in [3.8, 4) is 22.8 Å². The second-order valence-corrected chi connectivity index (χ2v) is 8.10. The number of phenolic OH excluding ortho intramolecular Hbond substituents is 2. The summed E-state index contributed by atoms with van der Waals surface area (Å²) in [7, 11) is 1.88. The van der Waals surface area contributed by atoms with Gasteiger partial charge in [0.05, 0.1) is 11.6 Å². The van der Waals surface area contributed by atoms with Crippen LogP contribution in [0.15, 0.2) is 39.5 Å². The second kappa shape index (κ2) is 7.54. The van der Waals surface area contributed by atoms with Crippen LogP contribution in [0.4, 0.5) is 0 Å². The molecule has 2 atom stereocenters. The van der Waals surface area contributed by atoms with Crippen LogP contribution in [0.2, 0.25) is 10.0 Å². The summed E-state index contributed by atoms with van der Waals surface area (Å²) in [4.78, 5) is 14.8.